The first-order valence-electron chi connectivity index (χ1n) is 7.69. The SMILES string of the molecule is CCC(=O)c1c(F)cc(-c2cccc(CC)c2)cc1NC(C)=O. The van der Waals surface area contributed by atoms with Crippen LogP contribution < -0.4 is 5.32 Å². The molecule has 23 heavy (non-hydrogen) atoms. The number of hydrogen-bond donors (Lipinski definition) is 1. The average Bonchev–Trinajstić information content (AvgIpc) is 2.53. The minimum absolute atomic E-state index is 0.0573. The second kappa shape index (κ2) is 7.18. The molecule has 0 aliphatic rings. The first-order chi connectivity index (χ1) is 11.0. The molecule has 0 aromatic heterocycles. The average molecular weight is 313 g/mol. The minimum atomic E-state index is -0.611. The maximum Gasteiger partial charge on any atom is 0.221 e. The van der Waals surface area contributed by atoms with Gasteiger partial charge in [0.05, 0.1) is 11.3 Å². The zero-order valence-corrected chi connectivity index (χ0v) is 13.6. The topological polar surface area (TPSA) is 46.2 Å². The fourth-order valence-electron chi connectivity index (χ4n) is 2.49. The van der Waals surface area contributed by atoms with Crippen LogP contribution in [0.25, 0.3) is 11.1 Å². The molecule has 4 heteroatoms. The molecule has 0 radical (unpaired) electrons. The van der Waals surface area contributed by atoms with Crippen molar-refractivity contribution < 1.29 is 14.0 Å². The molecule has 0 aliphatic carbocycles. The lowest BCUT2D eigenvalue weighted by molar-refractivity contribution is -0.114. The molecular formula is C19H20FNO2. The number of benzene rings is 2. The molecule has 0 atom stereocenters. The predicted molar refractivity (Wildman–Crippen MR) is 90.1 cm³/mol. The van der Waals surface area contributed by atoms with E-state index < -0.39 is 5.82 Å². The van der Waals surface area contributed by atoms with Crippen LogP contribution in [0.15, 0.2) is 36.4 Å². The van der Waals surface area contributed by atoms with Gasteiger partial charge in [0.15, 0.2) is 5.78 Å². The van der Waals surface area contributed by atoms with Gasteiger partial charge in [0, 0.05) is 13.3 Å². The minimum Gasteiger partial charge on any atom is -0.326 e. The second-order valence-electron chi connectivity index (χ2n) is 5.39. The van der Waals surface area contributed by atoms with Gasteiger partial charge in [-0.15, -0.1) is 0 Å². The lowest BCUT2D eigenvalue weighted by Crippen LogP contribution is -2.12. The van der Waals surface area contributed by atoms with Crippen LogP contribution in [0.1, 0.15) is 43.1 Å². The van der Waals surface area contributed by atoms with Gasteiger partial charge in [-0.3, -0.25) is 9.59 Å². The smallest absolute Gasteiger partial charge is 0.221 e. The van der Waals surface area contributed by atoms with Gasteiger partial charge in [-0.2, -0.15) is 0 Å². The van der Waals surface area contributed by atoms with Crippen molar-refractivity contribution in [2.75, 3.05) is 5.32 Å². The van der Waals surface area contributed by atoms with Gasteiger partial charge in [-0.05, 0) is 35.2 Å². The van der Waals surface area contributed by atoms with Crippen molar-refractivity contribution in [2.45, 2.75) is 33.6 Å². The molecule has 120 valence electrons. The highest BCUT2D eigenvalue weighted by Gasteiger charge is 2.18. The van der Waals surface area contributed by atoms with Crippen LogP contribution in [0, 0.1) is 5.82 Å². The van der Waals surface area contributed by atoms with Crippen molar-refractivity contribution in [3.8, 4) is 11.1 Å². The monoisotopic (exact) mass is 313 g/mol. The van der Waals surface area contributed by atoms with Crippen LogP contribution in [0.2, 0.25) is 0 Å². The van der Waals surface area contributed by atoms with Gasteiger partial charge >= 0.3 is 0 Å². The zero-order valence-electron chi connectivity index (χ0n) is 13.6. The molecule has 0 saturated carbocycles. The molecule has 0 fully saturated rings. The largest absolute Gasteiger partial charge is 0.326 e. The highest BCUT2D eigenvalue weighted by molar-refractivity contribution is 6.05. The Labute approximate surface area is 135 Å². The Morgan fingerprint density at radius 2 is 1.83 bits per heavy atom. The van der Waals surface area contributed by atoms with Crippen LogP contribution in [0.3, 0.4) is 0 Å². The van der Waals surface area contributed by atoms with Gasteiger partial charge in [-0.25, -0.2) is 4.39 Å². The van der Waals surface area contributed by atoms with Crippen LogP contribution in [-0.4, -0.2) is 11.7 Å². The number of halogens is 1. The van der Waals surface area contributed by atoms with Gasteiger partial charge in [0.1, 0.15) is 5.82 Å². The number of aryl methyl sites for hydroxylation is 1. The molecule has 0 unspecified atom stereocenters. The number of anilines is 1. The molecule has 0 saturated heterocycles. The van der Waals surface area contributed by atoms with E-state index in [1.165, 1.54) is 13.0 Å². The summed E-state index contributed by atoms with van der Waals surface area (Å²) >= 11 is 0. The molecule has 1 amide bonds. The number of hydrogen-bond acceptors (Lipinski definition) is 2. The summed E-state index contributed by atoms with van der Waals surface area (Å²) in [6, 6.07) is 10.8. The lowest BCUT2D eigenvalue weighted by Gasteiger charge is -2.13. The first-order valence-corrected chi connectivity index (χ1v) is 7.69. The number of carbonyl (C=O) groups excluding carboxylic acids is 2. The summed E-state index contributed by atoms with van der Waals surface area (Å²) in [6.07, 6.45) is 1.05. The summed E-state index contributed by atoms with van der Waals surface area (Å²) in [7, 11) is 0. The quantitative estimate of drug-likeness (QED) is 0.820. The molecule has 2 aromatic carbocycles. The van der Waals surface area contributed by atoms with Gasteiger partial charge in [0.2, 0.25) is 5.91 Å². The molecule has 0 spiro atoms. The Bertz CT molecular complexity index is 753. The number of rotatable bonds is 5. The van der Waals surface area contributed by atoms with Gasteiger partial charge in [0.25, 0.3) is 0 Å². The molecule has 3 nitrogen and oxygen atoms in total. The van der Waals surface area contributed by atoms with Crippen LogP contribution in [0.4, 0.5) is 10.1 Å². The van der Waals surface area contributed by atoms with E-state index in [1.807, 2.05) is 31.2 Å². The van der Waals surface area contributed by atoms with E-state index in [4.69, 9.17) is 0 Å². The predicted octanol–water partition coefficient (Wildman–Crippen LogP) is 4.61. The number of ketones is 1. The zero-order chi connectivity index (χ0) is 17.0. The van der Waals surface area contributed by atoms with Gasteiger partial charge in [-0.1, -0.05) is 38.1 Å². The molecule has 0 aliphatic heterocycles. The Balaban J connectivity index is 2.60. The summed E-state index contributed by atoms with van der Waals surface area (Å²) in [4.78, 5) is 23.4. The second-order valence-corrected chi connectivity index (χ2v) is 5.39. The van der Waals surface area contributed by atoms with Crippen LogP contribution in [-0.2, 0) is 11.2 Å². The van der Waals surface area contributed by atoms with Crippen LogP contribution >= 0.6 is 0 Å². The van der Waals surface area contributed by atoms with Crippen molar-refractivity contribution in [2.24, 2.45) is 0 Å². The molecule has 0 heterocycles. The van der Waals surface area contributed by atoms with Crippen molar-refractivity contribution in [3.63, 3.8) is 0 Å². The fraction of sp³-hybridized carbons (Fsp3) is 0.263. The molecule has 1 N–H and O–H groups in total. The van der Waals surface area contributed by atoms with E-state index in [0.29, 0.717) is 5.56 Å². The molecule has 2 aromatic rings. The summed E-state index contributed by atoms with van der Waals surface area (Å²) in [5.41, 5.74) is 2.79. The van der Waals surface area contributed by atoms with Crippen molar-refractivity contribution in [1.82, 2.24) is 0 Å². The van der Waals surface area contributed by atoms with Crippen molar-refractivity contribution in [3.05, 3.63) is 53.3 Å². The summed E-state index contributed by atoms with van der Waals surface area (Å²) in [5.74, 6) is -1.28. The van der Waals surface area contributed by atoms with E-state index in [-0.39, 0.29) is 29.4 Å². The van der Waals surface area contributed by atoms with Crippen LogP contribution in [0.5, 0.6) is 0 Å². The summed E-state index contributed by atoms with van der Waals surface area (Å²) in [6.45, 7) is 5.05. The maximum atomic E-state index is 14.5. The van der Waals surface area contributed by atoms with Gasteiger partial charge < -0.3 is 5.32 Å². The van der Waals surface area contributed by atoms with Crippen molar-refractivity contribution >= 4 is 17.4 Å². The normalized spacial score (nSPS) is 10.4. The van der Waals surface area contributed by atoms with E-state index in [2.05, 4.69) is 5.32 Å². The fourth-order valence-corrected chi connectivity index (χ4v) is 2.49. The van der Waals surface area contributed by atoms with Crippen molar-refractivity contribution in [1.29, 1.82) is 0 Å². The number of nitrogens with one attached hydrogen (secondary N) is 1. The summed E-state index contributed by atoms with van der Waals surface area (Å²) in [5, 5.41) is 2.57. The number of Topliss-reactive ketones (excluding diaryl/α,β-unsaturated/α-hetero) is 1. The number of amides is 1. The Kier molecular flexibility index (Phi) is 5.27. The van der Waals surface area contributed by atoms with E-state index >= 15 is 0 Å². The lowest BCUT2D eigenvalue weighted by atomic mass is 9.97. The Hall–Kier alpha value is -2.49. The highest BCUT2D eigenvalue weighted by Crippen LogP contribution is 2.30. The van der Waals surface area contributed by atoms with E-state index in [0.717, 1.165) is 17.5 Å². The third kappa shape index (κ3) is 3.83. The Morgan fingerprint density at radius 3 is 2.43 bits per heavy atom. The van der Waals surface area contributed by atoms with E-state index in [1.54, 1.807) is 13.0 Å². The maximum absolute atomic E-state index is 14.5. The van der Waals surface area contributed by atoms with E-state index in [9.17, 15) is 14.0 Å². The molecule has 0 bridgehead atoms. The Morgan fingerprint density at radius 1 is 1.09 bits per heavy atom. The third-order valence-corrected chi connectivity index (χ3v) is 3.67. The highest BCUT2D eigenvalue weighted by atomic mass is 19.1. The molecular weight excluding hydrogens is 293 g/mol. The third-order valence-electron chi connectivity index (χ3n) is 3.67. The standard InChI is InChI=1S/C19H20FNO2/c1-4-13-7-6-8-14(9-13)15-10-16(20)19(18(23)5-2)17(11-15)21-12(3)22/h6-11H,4-5H2,1-3H3,(H,21,22). The number of carbonyl (C=O) groups is 2. The summed E-state index contributed by atoms with van der Waals surface area (Å²) < 4.78 is 14.5. The first kappa shape index (κ1) is 16.9. The molecule has 2 rings (SSSR count).